The van der Waals surface area contributed by atoms with Crippen molar-refractivity contribution in [2.45, 2.75) is 13.0 Å². The van der Waals surface area contributed by atoms with E-state index in [9.17, 15) is 4.79 Å². The second kappa shape index (κ2) is 6.34. The fourth-order valence-corrected chi connectivity index (χ4v) is 1.05. The Balaban J connectivity index is 0.000000165. The first kappa shape index (κ1) is 10.9. The van der Waals surface area contributed by atoms with Gasteiger partial charge in [0.2, 0.25) is 0 Å². The molecular weight excluding hydrogens is 182 g/mol. The Bertz CT molecular complexity index is 223. The van der Waals surface area contributed by atoms with Crippen LogP contribution in [0.3, 0.4) is 0 Å². The molecule has 1 N–H and O–H groups in total. The molecule has 0 aliphatic carbocycles. The number of rotatable bonds is 1. The van der Waals surface area contributed by atoms with E-state index >= 15 is 0 Å². The molecule has 78 valence electrons. The Morgan fingerprint density at radius 1 is 1.43 bits per heavy atom. The van der Waals surface area contributed by atoms with Crippen molar-refractivity contribution < 1.29 is 13.9 Å². The van der Waals surface area contributed by atoms with E-state index in [-0.39, 0.29) is 11.9 Å². The van der Waals surface area contributed by atoms with Gasteiger partial charge in [-0.3, -0.25) is 4.79 Å². The highest BCUT2D eigenvalue weighted by Crippen LogP contribution is 1.95. The van der Waals surface area contributed by atoms with Gasteiger partial charge in [0, 0.05) is 13.1 Å². The van der Waals surface area contributed by atoms with E-state index in [1.807, 2.05) is 12.1 Å². The monoisotopic (exact) mass is 197 g/mol. The summed E-state index contributed by atoms with van der Waals surface area (Å²) in [6, 6.07) is 3.67. The number of furan rings is 1. The fraction of sp³-hybridized carbons (Fsp3) is 0.500. The maximum atomic E-state index is 10.6. The van der Waals surface area contributed by atoms with Gasteiger partial charge in [0.1, 0.15) is 6.10 Å². The largest absolute Gasteiger partial charge is 0.473 e. The van der Waals surface area contributed by atoms with Gasteiger partial charge in [0.15, 0.2) is 5.78 Å². The van der Waals surface area contributed by atoms with Crippen LogP contribution in [-0.4, -0.2) is 31.6 Å². The van der Waals surface area contributed by atoms with Crippen LogP contribution in [-0.2, 0) is 9.53 Å². The number of carbonyl (C=O) groups is 1. The summed E-state index contributed by atoms with van der Waals surface area (Å²) in [6.07, 6.45) is 3.05. The Kier molecular flexibility index (Phi) is 4.96. The Morgan fingerprint density at radius 3 is 2.43 bits per heavy atom. The number of carbonyl (C=O) groups excluding carboxylic acids is 1. The van der Waals surface area contributed by atoms with Gasteiger partial charge < -0.3 is 14.5 Å². The molecule has 0 spiro atoms. The minimum atomic E-state index is -0.196. The Morgan fingerprint density at radius 2 is 2.14 bits per heavy atom. The van der Waals surface area contributed by atoms with Crippen molar-refractivity contribution in [1.29, 1.82) is 0 Å². The molecule has 1 saturated heterocycles. The van der Waals surface area contributed by atoms with Gasteiger partial charge in [-0.25, -0.2) is 0 Å². The molecule has 1 aliphatic heterocycles. The zero-order valence-corrected chi connectivity index (χ0v) is 8.23. The quantitative estimate of drug-likeness (QED) is 0.725. The third-order valence-electron chi connectivity index (χ3n) is 1.81. The van der Waals surface area contributed by atoms with E-state index in [0.717, 1.165) is 6.54 Å². The predicted octanol–water partition coefficient (Wildman–Crippen LogP) is 0.843. The minimum Gasteiger partial charge on any atom is -0.473 e. The summed E-state index contributed by atoms with van der Waals surface area (Å²) in [5, 5.41) is 3.07. The van der Waals surface area contributed by atoms with E-state index in [2.05, 4.69) is 9.73 Å². The number of nitrogens with one attached hydrogen (secondary N) is 1. The maximum absolute atomic E-state index is 10.6. The lowest BCUT2D eigenvalue weighted by Gasteiger charge is -2.20. The first-order valence-corrected chi connectivity index (χ1v) is 4.60. The van der Waals surface area contributed by atoms with Crippen LogP contribution in [0.1, 0.15) is 6.92 Å². The topological polar surface area (TPSA) is 51.5 Å². The Labute approximate surface area is 83.2 Å². The molecule has 2 rings (SSSR count). The number of ketones is 1. The molecule has 1 atom stereocenters. The summed E-state index contributed by atoms with van der Waals surface area (Å²) in [7, 11) is 0. The van der Waals surface area contributed by atoms with E-state index < -0.39 is 0 Å². The van der Waals surface area contributed by atoms with Crippen LogP contribution in [0.4, 0.5) is 0 Å². The van der Waals surface area contributed by atoms with Crippen LogP contribution in [0.5, 0.6) is 0 Å². The van der Waals surface area contributed by atoms with E-state index in [0.29, 0.717) is 13.2 Å². The van der Waals surface area contributed by atoms with Crippen LogP contribution >= 0.6 is 0 Å². The lowest BCUT2D eigenvalue weighted by atomic mass is 10.2. The van der Waals surface area contributed by atoms with Crippen molar-refractivity contribution in [2.75, 3.05) is 19.7 Å². The summed E-state index contributed by atoms with van der Waals surface area (Å²) < 4.78 is 9.71. The predicted molar refractivity (Wildman–Crippen MR) is 52.0 cm³/mol. The number of hydrogen-bond acceptors (Lipinski definition) is 4. The minimum absolute atomic E-state index is 0.113. The third-order valence-corrected chi connectivity index (χ3v) is 1.81. The molecule has 1 aromatic rings. The normalized spacial score (nSPS) is 20.8. The van der Waals surface area contributed by atoms with Gasteiger partial charge >= 0.3 is 0 Å². The van der Waals surface area contributed by atoms with E-state index in [4.69, 9.17) is 4.74 Å². The van der Waals surface area contributed by atoms with Gasteiger partial charge in [-0.1, -0.05) is 0 Å². The van der Waals surface area contributed by atoms with Crippen molar-refractivity contribution in [1.82, 2.24) is 5.32 Å². The van der Waals surface area contributed by atoms with Gasteiger partial charge in [-0.05, 0) is 19.1 Å². The molecule has 1 fully saturated rings. The standard InChI is InChI=1S/C6H11NO2.C4H4O/c1-5(8)6-4-7-2-3-9-6;1-2-4-5-3-1/h6-7H,2-4H2,1H3;1-4H. The molecule has 2 heterocycles. The molecule has 0 bridgehead atoms. The van der Waals surface area contributed by atoms with Crippen molar-refractivity contribution in [3.05, 3.63) is 24.7 Å². The average molecular weight is 197 g/mol. The molecule has 0 amide bonds. The highest BCUT2D eigenvalue weighted by molar-refractivity contribution is 5.80. The summed E-state index contributed by atoms with van der Waals surface area (Å²) in [5.74, 6) is 0.113. The van der Waals surface area contributed by atoms with Gasteiger partial charge in [-0.2, -0.15) is 0 Å². The van der Waals surface area contributed by atoms with Crippen LogP contribution in [0.25, 0.3) is 0 Å². The van der Waals surface area contributed by atoms with Crippen LogP contribution in [0.15, 0.2) is 29.1 Å². The van der Waals surface area contributed by atoms with Crippen LogP contribution in [0.2, 0.25) is 0 Å². The first-order valence-electron chi connectivity index (χ1n) is 4.60. The second-order valence-corrected chi connectivity index (χ2v) is 2.97. The first-order chi connectivity index (χ1) is 6.80. The molecule has 4 heteroatoms. The van der Waals surface area contributed by atoms with Gasteiger partial charge in [0.05, 0.1) is 19.1 Å². The second-order valence-electron chi connectivity index (χ2n) is 2.97. The van der Waals surface area contributed by atoms with Crippen molar-refractivity contribution in [3.63, 3.8) is 0 Å². The van der Waals surface area contributed by atoms with Crippen molar-refractivity contribution >= 4 is 5.78 Å². The molecule has 1 aromatic heterocycles. The zero-order chi connectivity index (χ0) is 10.2. The SMILES string of the molecule is CC(=O)C1CNCCO1.c1ccoc1. The molecule has 14 heavy (non-hydrogen) atoms. The van der Waals surface area contributed by atoms with E-state index in [1.165, 1.54) is 0 Å². The average Bonchev–Trinajstić information content (AvgIpc) is 2.77. The summed E-state index contributed by atoms with van der Waals surface area (Å²) in [6.45, 7) is 3.75. The van der Waals surface area contributed by atoms with Crippen LogP contribution < -0.4 is 5.32 Å². The molecule has 1 aliphatic rings. The summed E-state index contributed by atoms with van der Waals surface area (Å²) in [5.41, 5.74) is 0. The highest BCUT2D eigenvalue weighted by atomic mass is 16.5. The number of hydrogen-bond donors (Lipinski definition) is 1. The Hall–Kier alpha value is -1.13. The van der Waals surface area contributed by atoms with E-state index in [1.54, 1.807) is 19.5 Å². The van der Waals surface area contributed by atoms with Crippen LogP contribution in [0, 0.1) is 0 Å². The van der Waals surface area contributed by atoms with Crippen molar-refractivity contribution in [2.24, 2.45) is 0 Å². The molecule has 4 nitrogen and oxygen atoms in total. The zero-order valence-electron chi connectivity index (χ0n) is 8.23. The summed E-state index contributed by atoms with van der Waals surface area (Å²) in [4.78, 5) is 10.6. The lowest BCUT2D eigenvalue weighted by molar-refractivity contribution is -0.129. The van der Waals surface area contributed by atoms with Gasteiger partial charge in [-0.15, -0.1) is 0 Å². The maximum Gasteiger partial charge on any atom is 0.159 e. The highest BCUT2D eigenvalue weighted by Gasteiger charge is 2.16. The third kappa shape index (κ3) is 4.20. The molecule has 1 unspecified atom stereocenters. The van der Waals surface area contributed by atoms with Crippen molar-refractivity contribution in [3.8, 4) is 0 Å². The number of ether oxygens (including phenoxy) is 1. The number of Topliss-reactive ketones (excluding diaryl/α,β-unsaturated/α-hetero) is 1. The molecular formula is C10H15NO3. The lowest BCUT2D eigenvalue weighted by Crippen LogP contribution is -2.42. The molecule has 0 aromatic carbocycles. The molecule has 0 saturated carbocycles. The summed E-state index contributed by atoms with van der Waals surface area (Å²) >= 11 is 0. The van der Waals surface area contributed by atoms with Gasteiger partial charge in [0.25, 0.3) is 0 Å². The molecule has 0 radical (unpaired) electrons. The fourth-order valence-electron chi connectivity index (χ4n) is 1.05. The number of morpholine rings is 1. The smallest absolute Gasteiger partial charge is 0.159 e.